The first kappa shape index (κ1) is 31.9. The Labute approximate surface area is 185 Å². The van der Waals surface area contributed by atoms with Gasteiger partial charge >= 0.3 is 24.1 Å². The van der Waals surface area contributed by atoms with Crippen molar-refractivity contribution in [2.75, 3.05) is 0 Å². The summed E-state index contributed by atoms with van der Waals surface area (Å²) in [6.45, 7) is 2.23. The van der Waals surface area contributed by atoms with Crippen LogP contribution < -0.4 is 0 Å². The van der Waals surface area contributed by atoms with Gasteiger partial charge in [0, 0.05) is 6.42 Å². The Balaban J connectivity index is 0. The fourth-order valence-electron chi connectivity index (χ4n) is 2.09. The smallest absolute Gasteiger partial charge is 0.459 e. The molecule has 9 heteroatoms. The molecule has 0 atom stereocenters. The van der Waals surface area contributed by atoms with Crippen LogP contribution in [0.1, 0.15) is 71.1 Å². The number of carbonyl (C=O) groups excluding carboxylic acids is 1. The standard InChI is InChI=1S/C20H32O2.C3F6O/c1-2-3-4-5-6-7-8-9-10-11-12-13-14-15-16-17-18-19-20(21)22;4-2(5,6)1(10)3(7,8)9/h6-7,9-10,12-13,15-16H,2-5,8,11,14,17-19H2,1H3,(H,21,22);/b7-6-,10-9-,13-12-,16-15-;. The maximum Gasteiger partial charge on any atom is 0.459 e. The topological polar surface area (TPSA) is 54.4 Å². The predicted molar refractivity (Wildman–Crippen MR) is 113 cm³/mol. The molecule has 0 saturated heterocycles. The first-order valence-corrected chi connectivity index (χ1v) is 10.4. The molecule has 1 N–H and O–H groups in total. The van der Waals surface area contributed by atoms with Crippen molar-refractivity contribution in [2.45, 2.75) is 83.5 Å². The molecule has 0 heterocycles. The molecular formula is C23H32F6O3. The molecule has 0 spiro atoms. The van der Waals surface area contributed by atoms with Crippen LogP contribution in [0.3, 0.4) is 0 Å². The van der Waals surface area contributed by atoms with Crippen LogP contribution in [0.25, 0.3) is 0 Å². The summed E-state index contributed by atoms with van der Waals surface area (Å²) in [5.41, 5.74) is 0. The number of Topliss-reactive ketones (excluding diaryl/α,β-unsaturated/α-hetero) is 1. The molecule has 0 aliphatic rings. The quantitative estimate of drug-likeness (QED) is 0.159. The molecule has 0 saturated carbocycles. The van der Waals surface area contributed by atoms with Crippen LogP contribution in [0.4, 0.5) is 26.3 Å². The number of unbranched alkanes of at least 4 members (excludes halogenated alkanes) is 4. The SMILES string of the molecule is CCCCC/C=C\C/C=C\C/C=C\C/C=C\CCCC(=O)O.O=C(C(F)(F)F)C(F)(F)F. The average molecular weight is 470 g/mol. The number of aliphatic carboxylic acids is 1. The first-order chi connectivity index (χ1) is 14.9. The normalized spacial score (nSPS) is 12.7. The Hall–Kier alpha value is -2.32. The van der Waals surface area contributed by atoms with E-state index in [0.717, 1.165) is 32.1 Å². The van der Waals surface area contributed by atoms with E-state index in [4.69, 9.17) is 5.11 Å². The number of carboxylic acids is 1. The second-order valence-corrected chi connectivity index (χ2v) is 6.70. The summed E-state index contributed by atoms with van der Waals surface area (Å²) in [4.78, 5) is 19.5. The van der Waals surface area contributed by atoms with Gasteiger partial charge in [0.1, 0.15) is 0 Å². The largest absolute Gasteiger partial charge is 0.481 e. The predicted octanol–water partition coefficient (Wildman–Crippen LogP) is 7.90. The van der Waals surface area contributed by atoms with Crippen LogP contribution >= 0.6 is 0 Å². The maximum atomic E-state index is 10.9. The fraction of sp³-hybridized carbons (Fsp3) is 0.565. The van der Waals surface area contributed by atoms with Crippen molar-refractivity contribution in [3.05, 3.63) is 48.6 Å². The summed E-state index contributed by atoms with van der Waals surface area (Å²) in [6, 6.07) is 0. The van der Waals surface area contributed by atoms with E-state index in [9.17, 15) is 35.9 Å². The van der Waals surface area contributed by atoms with E-state index in [-0.39, 0.29) is 6.42 Å². The average Bonchev–Trinajstić information content (AvgIpc) is 2.68. The van der Waals surface area contributed by atoms with Gasteiger partial charge in [-0.25, -0.2) is 0 Å². The van der Waals surface area contributed by atoms with E-state index in [0.29, 0.717) is 0 Å². The van der Waals surface area contributed by atoms with E-state index in [1.165, 1.54) is 25.7 Å². The van der Waals surface area contributed by atoms with Crippen LogP contribution in [-0.4, -0.2) is 29.2 Å². The first-order valence-electron chi connectivity index (χ1n) is 10.4. The highest BCUT2D eigenvalue weighted by Gasteiger charge is 2.55. The number of alkyl halides is 6. The van der Waals surface area contributed by atoms with Gasteiger partial charge in [0.25, 0.3) is 0 Å². The molecule has 0 bridgehead atoms. The lowest BCUT2D eigenvalue weighted by atomic mass is 10.2. The monoisotopic (exact) mass is 470 g/mol. The molecule has 0 aromatic rings. The highest BCUT2D eigenvalue weighted by molar-refractivity contribution is 5.89. The van der Waals surface area contributed by atoms with Crippen molar-refractivity contribution in [2.24, 2.45) is 0 Å². The van der Waals surface area contributed by atoms with Crippen LogP contribution in [0.5, 0.6) is 0 Å². The number of rotatable bonds is 14. The second kappa shape index (κ2) is 19.4. The minimum absolute atomic E-state index is 0.262. The van der Waals surface area contributed by atoms with Gasteiger partial charge in [-0.15, -0.1) is 0 Å². The van der Waals surface area contributed by atoms with E-state index in [1.807, 2.05) is 0 Å². The molecular weight excluding hydrogens is 438 g/mol. The Morgan fingerprint density at radius 1 is 0.656 bits per heavy atom. The minimum Gasteiger partial charge on any atom is -0.481 e. The third-order valence-electron chi connectivity index (χ3n) is 3.73. The van der Waals surface area contributed by atoms with Crippen molar-refractivity contribution in [1.82, 2.24) is 0 Å². The molecule has 0 aliphatic heterocycles. The van der Waals surface area contributed by atoms with Crippen molar-refractivity contribution >= 4 is 11.8 Å². The molecule has 0 rings (SSSR count). The van der Waals surface area contributed by atoms with Crippen LogP contribution in [0.15, 0.2) is 48.6 Å². The molecule has 0 aromatic heterocycles. The zero-order valence-corrected chi connectivity index (χ0v) is 18.2. The highest BCUT2D eigenvalue weighted by atomic mass is 19.4. The van der Waals surface area contributed by atoms with Gasteiger partial charge in [-0.2, -0.15) is 26.3 Å². The summed E-state index contributed by atoms with van der Waals surface area (Å²) < 4.78 is 65.3. The summed E-state index contributed by atoms with van der Waals surface area (Å²) in [5.74, 6) is -4.39. The van der Waals surface area contributed by atoms with E-state index in [1.54, 1.807) is 0 Å². The lowest BCUT2D eigenvalue weighted by molar-refractivity contribution is -0.217. The van der Waals surface area contributed by atoms with Crippen molar-refractivity contribution in [1.29, 1.82) is 0 Å². The number of ketones is 1. The number of hydrogen-bond donors (Lipinski definition) is 1. The number of halogens is 6. The zero-order chi connectivity index (χ0) is 24.9. The molecule has 32 heavy (non-hydrogen) atoms. The van der Waals surface area contributed by atoms with Gasteiger partial charge < -0.3 is 5.11 Å². The van der Waals surface area contributed by atoms with E-state index >= 15 is 0 Å². The molecule has 0 radical (unpaired) electrons. The third-order valence-corrected chi connectivity index (χ3v) is 3.73. The fourth-order valence-corrected chi connectivity index (χ4v) is 2.09. The Morgan fingerprint density at radius 3 is 1.34 bits per heavy atom. The molecule has 0 aliphatic carbocycles. The van der Waals surface area contributed by atoms with Gasteiger partial charge in [-0.05, 0) is 44.9 Å². The lowest BCUT2D eigenvalue weighted by Gasteiger charge is -2.06. The van der Waals surface area contributed by atoms with E-state index < -0.39 is 24.1 Å². The molecule has 0 amide bonds. The van der Waals surface area contributed by atoms with Gasteiger partial charge in [-0.3, -0.25) is 9.59 Å². The molecule has 0 unspecified atom stereocenters. The van der Waals surface area contributed by atoms with Crippen LogP contribution in [-0.2, 0) is 9.59 Å². The number of allylic oxidation sites excluding steroid dienone is 8. The maximum absolute atomic E-state index is 10.9. The van der Waals surface area contributed by atoms with Gasteiger partial charge in [-0.1, -0.05) is 68.4 Å². The van der Waals surface area contributed by atoms with Crippen LogP contribution in [0, 0.1) is 0 Å². The number of carboxylic acid groups (broad SMARTS) is 1. The summed E-state index contributed by atoms with van der Waals surface area (Å²) in [7, 11) is 0. The lowest BCUT2D eigenvalue weighted by Crippen LogP contribution is -2.36. The highest BCUT2D eigenvalue weighted by Crippen LogP contribution is 2.28. The molecule has 184 valence electrons. The summed E-state index contributed by atoms with van der Waals surface area (Å²) in [6.07, 6.45) is 15.7. The van der Waals surface area contributed by atoms with Gasteiger partial charge in [0.2, 0.25) is 0 Å². The molecule has 0 aromatic carbocycles. The molecule has 3 nitrogen and oxygen atoms in total. The zero-order valence-electron chi connectivity index (χ0n) is 18.2. The van der Waals surface area contributed by atoms with Crippen molar-refractivity contribution < 1.29 is 41.0 Å². The minimum atomic E-state index is -5.82. The Kier molecular flexibility index (Phi) is 19.3. The molecule has 0 fully saturated rings. The third kappa shape index (κ3) is 24.0. The van der Waals surface area contributed by atoms with Crippen molar-refractivity contribution in [3.63, 3.8) is 0 Å². The van der Waals surface area contributed by atoms with Crippen LogP contribution in [0.2, 0.25) is 0 Å². The Bertz CT molecular complexity index is 598. The van der Waals surface area contributed by atoms with Crippen molar-refractivity contribution in [3.8, 4) is 0 Å². The summed E-state index contributed by atoms with van der Waals surface area (Å²) >= 11 is 0. The number of hydrogen-bond acceptors (Lipinski definition) is 2. The summed E-state index contributed by atoms with van der Waals surface area (Å²) in [5, 5.41) is 8.49. The van der Waals surface area contributed by atoms with Gasteiger partial charge in [0.15, 0.2) is 0 Å². The number of carbonyl (C=O) groups is 2. The van der Waals surface area contributed by atoms with Gasteiger partial charge in [0.05, 0.1) is 0 Å². The second-order valence-electron chi connectivity index (χ2n) is 6.70. The Morgan fingerprint density at radius 2 is 1.03 bits per heavy atom. The van der Waals surface area contributed by atoms with E-state index in [2.05, 4.69) is 55.5 Å².